The van der Waals surface area contributed by atoms with Crippen LogP contribution in [-0.2, 0) is 14.3 Å². The summed E-state index contributed by atoms with van der Waals surface area (Å²) < 4.78 is 19.4. The molecule has 1 aliphatic heterocycles. The van der Waals surface area contributed by atoms with E-state index in [4.69, 9.17) is 10.5 Å². The van der Waals surface area contributed by atoms with Crippen LogP contribution >= 0.6 is 0 Å². The van der Waals surface area contributed by atoms with Gasteiger partial charge < -0.3 is 26.0 Å². The highest BCUT2D eigenvalue weighted by Gasteiger charge is 2.28. The van der Waals surface area contributed by atoms with E-state index in [0.717, 1.165) is 12.8 Å². The molecule has 1 heterocycles. The molecule has 1 saturated carbocycles. The van der Waals surface area contributed by atoms with E-state index < -0.39 is 11.9 Å². The van der Waals surface area contributed by atoms with Crippen LogP contribution < -0.4 is 21.3 Å². The maximum atomic E-state index is 14.3. The van der Waals surface area contributed by atoms with Crippen molar-refractivity contribution in [1.29, 1.82) is 0 Å². The third-order valence-corrected chi connectivity index (χ3v) is 4.07. The van der Waals surface area contributed by atoms with Gasteiger partial charge in [-0.25, -0.2) is 4.39 Å². The van der Waals surface area contributed by atoms with Crippen molar-refractivity contribution in [2.45, 2.75) is 24.9 Å². The Bertz CT molecular complexity index is 636. The number of ether oxygens (including phenoxy) is 1. The first-order valence-electron chi connectivity index (χ1n) is 8.03. The molecule has 3 rings (SSSR count). The summed E-state index contributed by atoms with van der Waals surface area (Å²) in [7, 11) is 0. The summed E-state index contributed by atoms with van der Waals surface area (Å²) in [6.45, 7) is 0.927. The fraction of sp³-hybridized carbons (Fsp3) is 0.500. The number of halogens is 1. The molecular formula is C16H21FN4O3. The zero-order valence-corrected chi connectivity index (χ0v) is 13.3. The lowest BCUT2D eigenvalue weighted by molar-refractivity contribution is -0.125. The predicted octanol–water partition coefficient (Wildman–Crippen LogP) is 0.207. The summed E-state index contributed by atoms with van der Waals surface area (Å²) in [5.41, 5.74) is 6.12. The average Bonchev–Trinajstić information content (AvgIpc) is 3.39. The number of hydrogen-bond donors (Lipinski definition) is 3. The van der Waals surface area contributed by atoms with Gasteiger partial charge in [-0.1, -0.05) is 0 Å². The number of benzene rings is 1. The first kappa shape index (κ1) is 16.8. The molecule has 4 N–H and O–H groups in total. The lowest BCUT2D eigenvalue weighted by Gasteiger charge is -2.27. The van der Waals surface area contributed by atoms with Gasteiger partial charge in [0.15, 0.2) is 0 Å². The number of amides is 2. The van der Waals surface area contributed by atoms with Crippen LogP contribution in [0.4, 0.5) is 15.8 Å². The molecule has 0 spiro atoms. The Morgan fingerprint density at radius 1 is 1.46 bits per heavy atom. The topological polar surface area (TPSA) is 96.7 Å². The summed E-state index contributed by atoms with van der Waals surface area (Å²) in [6, 6.07) is 4.08. The number of nitrogens with two attached hydrogens (primary N) is 1. The average molecular weight is 336 g/mol. The molecule has 0 aromatic heterocycles. The van der Waals surface area contributed by atoms with E-state index in [9.17, 15) is 14.0 Å². The van der Waals surface area contributed by atoms with E-state index in [2.05, 4.69) is 10.6 Å². The van der Waals surface area contributed by atoms with E-state index in [0.29, 0.717) is 24.9 Å². The van der Waals surface area contributed by atoms with Crippen molar-refractivity contribution in [3.05, 3.63) is 24.0 Å². The largest absolute Gasteiger partial charge is 0.370 e. The standard InChI is InChI=1S/C16H21FN4O3/c17-12-7-11(21-5-6-24-9-15(21)22)3-4-13(12)20-16(23)14(8-18)19-10-1-2-10/h3-4,7,10,14,19H,1-2,5-6,8-9,18H2,(H,20,23)/t14-/m1/s1. The van der Waals surface area contributed by atoms with Gasteiger partial charge in [-0.05, 0) is 31.0 Å². The number of carbonyl (C=O) groups is 2. The Labute approximate surface area is 139 Å². The molecule has 0 unspecified atom stereocenters. The van der Waals surface area contributed by atoms with Crippen molar-refractivity contribution in [2.24, 2.45) is 5.73 Å². The molecule has 1 aromatic rings. The van der Waals surface area contributed by atoms with E-state index in [1.165, 1.54) is 17.0 Å². The van der Waals surface area contributed by atoms with Crippen molar-refractivity contribution in [1.82, 2.24) is 5.32 Å². The quantitative estimate of drug-likeness (QED) is 0.690. The fourth-order valence-electron chi connectivity index (χ4n) is 2.57. The minimum Gasteiger partial charge on any atom is -0.370 e. The normalized spacial score (nSPS) is 19.2. The summed E-state index contributed by atoms with van der Waals surface area (Å²) in [5, 5.41) is 5.67. The van der Waals surface area contributed by atoms with Gasteiger partial charge in [0.2, 0.25) is 5.91 Å². The van der Waals surface area contributed by atoms with Gasteiger partial charge in [0.05, 0.1) is 18.3 Å². The second-order valence-electron chi connectivity index (χ2n) is 5.98. The van der Waals surface area contributed by atoms with Crippen molar-refractivity contribution in [2.75, 3.05) is 36.5 Å². The lowest BCUT2D eigenvalue weighted by Crippen LogP contribution is -2.46. The second kappa shape index (κ2) is 7.25. The molecule has 1 atom stereocenters. The van der Waals surface area contributed by atoms with Gasteiger partial charge >= 0.3 is 0 Å². The predicted molar refractivity (Wildman–Crippen MR) is 87.2 cm³/mol. The van der Waals surface area contributed by atoms with Crippen molar-refractivity contribution >= 4 is 23.2 Å². The molecule has 1 saturated heterocycles. The Morgan fingerprint density at radius 2 is 2.25 bits per heavy atom. The van der Waals surface area contributed by atoms with E-state index in [1.807, 2.05) is 0 Å². The third-order valence-electron chi connectivity index (χ3n) is 4.07. The van der Waals surface area contributed by atoms with Gasteiger partial charge in [-0.3, -0.25) is 9.59 Å². The Hall–Kier alpha value is -2.03. The molecule has 2 aliphatic rings. The van der Waals surface area contributed by atoms with Gasteiger partial charge in [0, 0.05) is 24.8 Å². The fourth-order valence-corrected chi connectivity index (χ4v) is 2.57. The number of rotatable bonds is 6. The highest BCUT2D eigenvalue weighted by Crippen LogP contribution is 2.24. The molecule has 0 bridgehead atoms. The van der Waals surface area contributed by atoms with Gasteiger partial charge in [0.25, 0.3) is 5.91 Å². The van der Waals surface area contributed by atoms with Crippen LogP contribution in [0.2, 0.25) is 0 Å². The van der Waals surface area contributed by atoms with Crippen molar-refractivity contribution in [3.63, 3.8) is 0 Å². The SMILES string of the molecule is NC[C@@H](NC1CC1)C(=O)Nc1ccc(N2CCOCC2=O)cc1F. The molecular weight excluding hydrogens is 315 g/mol. The highest BCUT2D eigenvalue weighted by molar-refractivity contribution is 5.97. The number of nitrogens with one attached hydrogen (secondary N) is 2. The van der Waals surface area contributed by atoms with Crippen LogP contribution in [0.15, 0.2) is 18.2 Å². The Balaban J connectivity index is 1.67. The van der Waals surface area contributed by atoms with Crippen LogP contribution in [0, 0.1) is 5.82 Å². The molecule has 130 valence electrons. The first-order chi connectivity index (χ1) is 11.6. The van der Waals surface area contributed by atoms with Gasteiger partial charge in [0.1, 0.15) is 12.4 Å². The summed E-state index contributed by atoms with van der Waals surface area (Å²) in [4.78, 5) is 25.5. The number of nitrogens with zero attached hydrogens (tertiary/aromatic N) is 1. The summed E-state index contributed by atoms with van der Waals surface area (Å²) in [5.74, 6) is -1.17. The van der Waals surface area contributed by atoms with Crippen LogP contribution in [0.25, 0.3) is 0 Å². The van der Waals surface area contributed by atoms with Crippen LogP contribution in [0.5, 0.6) is 0 Å². The zero-order chi connectivity index (χ0) is 17.1. The monoisotopic (exact) mass is 336 g/mol. The van der Waals surface area contributed by atoms with Gasteiger partial charge in [-0.15, -0.1) is 0 Å². The number of carbonyl (C=O) groups excluding carboxylic acids is 2. The lowest BCUT2D eigenvalue weighted by atomic mass is 10.2. The smallest absolute Gasteiger partial charge is 0.253 e. The molecule has 7 nitrogen and oxygen atoms in total. The maximum absolute atomic E-state index is 14.3. The molecule has 8 heteroatoms. The van der Waals surface area contributed by atoms with Crippen LogP contribution in [0.1, 0.15) is 12.8 Å². The van der Waals surface area contributed by atoms with E-state index >= 15 is 0 Å². The Morgan fingerprint density at radius 3 is 2.88 bits per heavy atom. The second-order valence-corrected chi connectivity index (χ2v) is 5.98. The third kappa shape index (κ3) is 3.89. The minimum absolute atomic E-state index is 0.00881. The zero-order valence-electron chi connectivity index (χ0n) is 13.3. The molecule has 1 aliphatic carbocycles. The molecule has 2 fully saturated rings. The Kier molecular flexibility index (Phi) is 5.08. The first-order valence-corrected chi connectivity index (χ1v) is 8.03. The van der Waals surface area contributed by atoms with E-state index in [1.54, 1.807) is 6.07 Å². The molecule has 2 amide bonds. The molecule has 0 radical (unpaired) electrons. The summed E-state index contributed by atoms with van der Waals surface area (Å²) in [6.07, 6.45) is 2.06. The van der Waals surface area contributed by atoms with Crippen molar-refractivity contribution in [3.8, 4) is 0 Å². The maximum Gasteiger partial charge on any atom is 0.253 e. The van der Waals surface area contributed by atoms with E-state index in [-0.39, 0.29) is 30.7 Å². The number of morpholine rings is 1. The minimum atomic E-state index is -0.595. The van der Waals surface area contributed by atoms with Crippen molar-refractivity contribution < 1.29 is 18.7 Å². The molecule has 1 aromatic carbocycles. The molecule has 24 heavy (non-hydrogen) atoms. The number of hydrogen-bond acceptors (Lipinski definition) is 5. The van der Waals surface area contributed by atoms with Crippen LogP contribution in [0.3, 0.4) is 0 Å². The van der Waals surface area contributed by atoms with Gasteiger partial charge in [-0.2, -0.15) is 0 Å². The highest BCUT2D eigenvalue weighted by atomic mass is 19.1. The number of anilines is 2. The van der Waals surface area contributed by atoms with Crippen LogP contribution in [-0.4, -0.2) is 50.2 Å². The summed E-state index contributed by atoms with van der Waals surface area (Å²) >= 11 is 0.